The predicted molar refractivity (Wildman–Crippen MR) is 92.2 cm³/mol. The van der Waals surface area contributed by atoms with Crippen LogP contribution in [0.25, 0.3) is 0 Å². The Morgan fingerprint density at radius 1 is 1.32 bits per heavy atom. The maximum Gasteiger partial charge on any atom is 0.231 e. The van der Waals surface area contributed by atoms with Crippen LogP contribution < -0.4 is 19.5 Å². The van der Waals surface area contributed by atoms with Crippen molar-refractivity contribution in [1.82, 2.24) is 20.1 Å². The number of hydrogen-bond donors (Lipinski definition) is 1. The molecule has 25 heavy (non-hydrogen) atoms. The summed E-state index contributed by atoms with van der Waals surface area (Å²) in [6, 6.07) is 6.15. The topological polar surface area (TPSA) is 70.4 Å². The first-order chi connectivity index (χ1) is 12.3. The molecule has 2 aliphatic rings. The first-order valence-corrected chi connectivity index (χ1v) is 9.00. The molecule has 2 aromatic rings. The number of aromatic nitrogens is 3. The Bertz CT molecular complexity index is 731. The van der Waals surface area contributed by atoms with Gasteiger partial charge in [0.2, 0.25) is 6.79 Å². The minimum atomic E-state index is 0.289. The number of aryl methyl sites for hydroxylation is 2. The van der Waals surface area contributed by atoms with Crippen molar-refractivity contribution < 1.29 is 14.2 Å². The highest BCUT2D eigenvalue weighted by Crippen LogP contribution is 2.35. The summed E-state index contributed by atoms with van der Waals surface area (Å²) in [6.45, 7) is 4.90. The van der Waals surface area contributed by atoms with Crippen LogP contribution in [0.15, 0.2) is 18.2 Å². The third kappa shape index (κ3) is 3.71. The molecule has 134 valence electrons. The van der Waals surface area contributed by atoms with E-state index in [0.29, 0.717) is 12.6 Å². The standard InChI is InChI=1S/C18H24N4O3/c1-2-17-20-18-7-4-13(11-22(18)21-17)19-8-3-9-23-14-5-6-15-16(10-14)25-12-24-15/h5-6,10,13,19H,2-4,7-9,11-12H2,1H3/t13-/m1/s1. The summed E-state index contributed by atoms with van der Waals surface area (Å²) in [6.07, 6.45) is 3.97. The molecule has 0 saturated heterocycles. The molecule has 0 spiro atoms. The third-order valence-corrected chi connectivity index (χ3v) is 4.59. The molecule has 0 radical (unpaired) electrons. The second kappa shape index (κ2) is 7.31. The van der Waals surface area contributed by atoms with Crippen molar-refractivity contribution >= 4 is 0 Å². The van der Waals surface area contributed by atoms with E-state index < -0.39 is 0 Å². The van der Waals surface area contributed by atoms with Crippen molar-refractivity contribution in [2.24, 2.45) is 0 Å². The molecule has 7 nitrogen and oxygen atoms in total. The minimum absolute atomic E-state index is 0.289. The van der Waals surface area contributed by atoms with Crippen LogP contribution in [0.2, 0.25) is 0 Å². The molecule has 2 aliphatic heterocycles. The largest absolute Gasteiger partial charge is 0.493 e. The van der Waals surface area contributed by atoms with Crippen molar-refractivity contribution in [3.05, 3.63) is 29.8 Å². The molecule has 4 rings (SSSR count). The van der Waals surface area contributed by atoms with Gasteiger partial charge < -0.3 is 19.5 Å². The first kappa shape index (κ1) is 16.2. The van der Waals surface area contributed by atoms with Crippen molar-refractivity contribution in [2.45, 2.75) is 45.2 Å². The van der Waals surface area contributed by atoms with Crippen LogP contribution in [-0.2, 0) is 19.4 Å². The number of nitrogens with one attached hydrogen (secondary N) is 1. The van der Waals surface area contributed by atoms with E-state index in [1.54, 1.807) is 0 Å². The van der Waals surface area contributed by atoms with Gasteiger partial charge >= 0.3 is 0 Å². The highest BCUT2D eigenvalue weighted by atomic mass is 16.7. The van der Waals surface area contributed by atoms with Crippen molar-refractivity contribution in [3.63, 3.8) is 0 Å². The SMILES string of the molecule is CCc1nc2n(n1)C[C@H](NCCCOc1ccc3c(c1)OCO3)CC2. The summed E-state index contributed by atoms with van der Waals surface area (Å²) in [5.74, 6) is 4.44. The molecule has 1 atom stereocenters. The van der Waals surface area contributed by atoms with Crippen LogP contribution in [0, 0.1) is 0 Å². The Hall–Kier alpha value is -2.28. The molecule has 3 heterocycles. The van der Waals surface area contributed by atoms with Gasteiger partial charge in [0.25, 0.3) is 0 Å². The van der Waals surface area contributed by atoms with Gasteiger partial charge in [-0.1, -0.05) is 6.92 Å². The first-order valence-electron chi connectivity index (χ1n) is 9.00. The number of hydrogen-bond acceptors (Lipinski definition) is 6. The zero-order chi connectivity index (χ0) is 17.1. The van der Waals surface area contributed by atoms with E-state index >= 15 is 0 Å². The fourth-order valence-corrected chi connectivity index (χ4v) is 3.21. The lowest BCUT2D eigenvalue weighted by atomic mass is 10.1. The molecule has 0 bridgehead atoms. The van der Waals surface area contributed by atoms with Gasteiger partial charge in [0.15, 0.2) is 17.3 Å². The van der Waals surface area contributed by atoms with Gasteiger partial charge in [0.1, 0.15) is 11.6 Å². The molecule has 0 saturated carbocycles. The van der Waals surface area contributed by atoms with E-state index in [2.05, 4.69) is 27.0 Å². The maximum absolute atomic E-state index is 5.79. The lowest BCUT2D eigenvalue weighted by Crippen LogP contribution is -2.38. The third-order valence-electron chi connectivity index (χ3n) is 4.59. The molecule has 0 aliphatic carbocycles. The number of rotatable bonds is 7. The van der Waals surface area contributed by atoms with Crippen LogP contribution >= 0.6 is 0 Å². The smallest absolute Gasteiger partial charge is 0.231 e. The normalized spacial score (nSPS) is 18.2. The Balaban J connectivity index is 1.18. The van der Waals surface area contributed by atoms with Crippen molar-refractivity contribution in [1.29, 1.82) is 0 Å². The number of benzene rings is 1. The average molecular weight is 344 g/mol. The average Bonchev–Trinajstić information content (AvgIpc) is 3.26. The summed E-state index contributed by atoms with van der Waals surface area (Å²) < 4.78 is 18.5. The molecule has 1 aromatic heterocycles. The maximum atomic E-state index is 5.79. The predicted octanol–water partition coefficient (Wildman–Crippen LogP) is 1.94. The van der Waals surface area contributed by atoms with Crippen LogP contribution in [0.5, 0.6) is 17.2 Å². The van der Waals surface area contributed by atoms with Crippen LogP contribution in [-0.4, -0.2) is 40.8 Å². The summed E-state index contributed by atoms with van der Waals surface area (Å²) in [5.41, 5.74) is 0. The minimum Gasteiger partial charge on any atom is -0.493 e. The van der Waals surface area contributed by atoms with Gasteiger partial charge in [-0.25, -0.2) is 9.67 Å². The molecule has 0 amide bonds. The van der Waals surface area contributed by atoms with E-state index in [0.717, 1.165) is 67.7 Å². The monoisotopic (exact) mass is 344 g/mol. The zero-order valence-corrected chi connectivity index (χ0v) is 14.5. The number of nitrogens with zero attached hydrogens (tertiary/aromatic N) is 3. The van der Waals surface area contributed by atoms with Crippen LogP contribution in [0.4, 0.5) is 0 Å². The number of fused-ring (bicyclic) bond motifs is 2. The fraction of sp³-hybridized carbons (Fsp3) is 0.556. The van der Waals surface area contributed by atoms with Gasteiger partial charge in [0.05, 0.1) is 13.2 Å². The molecular formula is C18H24N4O3. The molecule has 0 fully saturated rings. The Labute approximate surface area is 147 Å². The van der Waals surface area contributed by atoms with Gasteiger partial charge in [-0.05, 0) is 31.5 Å². The number of ether oxygens (including phenoxy) is 3. The van der Waals surface area contributed by atoms with Gasteiger partial charge in [-0.2, -0.15) is 5.10 Å². The Morgan fingerprint density at radius 2 is 2.24 bits per heavy atom. The summed E-state index contributed by atoms with van der Waals surface area (Å²) in [7, 11) is 0. The van der Waals surface area contributed by atoms with Gasteiger partial charge in [-0.3, -0.25) is 0 Å². The molecule has 0 unspecified atom stereocenters. The fourth-order valence-electron chi connectivity index (χ4n) is 3.21. The van der Waals surface area contributed by atoms with Gasteiger partial charge in [0, 0.05) is 24.9 Å². The molecule has 1 N–H and O–H groups in total. The van der Waals surface area contributed by atoms with E-state index in [1.807, 2.05) is 18.2 Å². The lowest BCUT2D eigenvalue weighted by Gasteiger charge is -2.23. The van der Waals surface area contributed by atoms with Gasteiger partial charge in [-0.15, -0.1) is 0 Å². The highest BCUT2D eigenvalue weighted by Gasteiger charge is 2.20. The molecule has 7 heteroatoms. The van der Waals surface area contributed by atoms with E-state index in [9.17, 15) is 0 Å². The Morgan fingerprint density at radius 3 is 3.16 bits per heavy atom. The Kier molecular flexibility index (Phi) is 4.74. The van der Waals surface area contributed by atoms with Crippen molar-refractivity contribution in [2.75, 3.05) is 19.9 Å². The lowest BCUT2D eigenvalue weighted by molar-refractivity contribution is 0.173. The van der Waals surface area contributed by atoms with E-state index in [-0.39, 0.29) is 6.79 Å². The van der Waals surface area contributed by atoms with Crippen LogP contribution in [0.1, 0.15) is 31.4 Å². The quantitative estimate of drug-likeness (QED) is 0.774. The van der Waals surface area contributed by atoms with Crippen molar-refractivity contribution in [3.8, 4) is 17.2 Å². The summed E-state index contributed by atoms with van der Waals surface area (Å²) >= 11 is 0. The zero-order valence-electron chi connectivity index (χ0n) is 14.5. The van der Waals surface area contributed by atoms with E-state index in [4.69, 9.17) is 14.2 Å². The van der Waals surface area contributed by atoms with Crippen LogP contribution in [0.3, 0.4) is 0 Å². The molecular weight excluding hydrogens is 320 g/mol. The van der Waals surface area contributed by atoms with E-state index in [1.165, 1.54) is 0 Å². The highest BCUT2D eigenvalue weighted by molar-refractivity contribution is 5.46. The molecule has 1 aromatic carbocycles. The second-order valence-corrected chi connectivity index (χ2v) is 6.39. The summed E-state index contributed by atoms with van der Waals surface area (Å²) in [5, 5.41) is 8.16. The second-order valence-electron chi connectivity index (χ2n) is 6.39. The summed E-state index contributed by atoms with van der Waals surface area (Å²) in [4.78, 5) is 4.56.